The van der Waals surface area contributed by atoms with Gasteiger partial charge in [-0.3, -0.25) is 9.69 Å². The second-order valence-electron chi connectivity index (χ2n) is 7.91. The molecule has 2 rings (SSSR count). The van der Waals surface area contributed by atoms with E-state index in [1.165, 1.54) is 44.4 Å². The summed E-state index contributed by atoms with van der Waals surface area (Å²) < 4.78 is 57.1. The highest BCUT2D eigenvalue weighted by atomic mass is 35.5. The van der Waals surface area contributed by atoms with Crippen molar-refractivity contribution in [2.45, 2.75) is 31.0 Å². The van der Waals surface area contributed by atoms with Crippen molar-refractivity contribution in [2.75, 3.05) is 27.2 Å². The van der Waals surface area contributed by atoms with E-state index in [4.69, 9.17) is 27.9 Å². The van der Waals surface area contributed by atoms with Crippen molar-refractivity contribution in [1.29, 1.82) is 0 Å². The van der Waals surface area contributed by atoms with Gasteiger partial charge >= 0.3 is 12.3 Å². The van der Waals surface area contributed by atoms with E-state index in [-0.39, 0.29) is 41.8 Å². The minimum Gasteiger partial charge on any atom is -0.410 e. The Balaban J connectivity index is 2.53. The summed E-state index contributed by atoms with van der Waals surface area (Å²) in [5, 5.41) is 9.82. The quantitative estimate of drug-likeness (QED) is 0.419. The Labute approximate surface area is 210 Å². The molecule has 2 aromatic rings. The zero-order valence-corrected chi connectivity index (χ0v) is 20.4. The number of benzene rings is 2. The third kappa shape index (κ3) is 7.71. The van der Waals surface area contributed by atoms with Crippen LogP contribution in [0.25, 0.3) is 0 Å². The lowest BCUT2D eigenvalue weighted by atomic mass is 9.83. The average Bonchev–Trinajstić information content (AvgIpc) is 2.78. The number of ether oxygens (including phenoxy) is 1. The highest BCUT2D eigenvalue weighted by Crippen LogP contribution is 2.38. The molecule has 1 atom stereocenters. The SMILES string of the molecule is CN(C[C@](CCCO)(c1ccc(Cl)c(Cl)c1)N(C)C(=O)Oc1ccc(F)cc1)C(=O)CC(F)(F)F. The number of carbonyl (C=O) groups excluding carboxylic acids is 2. The van der Waals surface area contributed by atoms with Gasteiger partial charge in [-0.15, -0.1) is 0 Å². The number of aliphatic hydroxyl groups is 1. The van der Waals surface area contributed by atoms with Crippen LogP contribution in [-0.4, -0.2) is 60.3 Å². The Morgan fingerprint density at radius 2 is 1.66 bits per heavy atom. The van der Waals surface area contributed by atoms with E-state index in [2.05, 4.69) is 0 Å². The summed E-state index contributed by atoms with van der Waals surface area (Å²) in [5.41, 5.74) is -1.12. The van der Waals surface area contributed by atoms with Crippen molar-refractivity contribution in [2.24, 2.45) is 0 Å². The second-order valence-corrected chi connectivity index (χ2v) is 8.72. The Kier molecular flexibility index (Phi) is 9.76. The van der Waals surface area contributed by atoms with E-state index < -0.39 is 36.0 Å². The smallest absolute Gasteiger partial charge is 0.410 e. The first kappa shape index (κ1) is 28.7. The number of rotatable bonds is 9. The molecule has 2 amide bonds. The van der Waals surface area contributed by atoms with Crippen LogP contribution in [0.5, 0.6) is 5.75 Å². The molecule has 192 valence electrons. The molecular weight excluding hydrogens is 515 g/mol. The van der Waals surface area contributed by atoms with Gasteiger partial charge in [0.05, 0.1) is 15.6 Å². The topological polar surface area (TPSA) is 70.1 Å². The molecule has 0 heterocycles. The van der Waals surface area contributed by atoms with Crippen LogP contribution in [0.15, 0.2) is 42.5 Å². The van der Waals surface area contributed by atoms with Crippen LogP contribution < -0.4 is 4.74 Å². The fraction of sp³-hybridized carbons (Fsp3) is 0.391. The van der Waals surface area contributed by atoms with Gasteiger partial charge in [-0.2, -0.15) is 13.2 Å². The molecule has 12 heteroatoms. The Bertz CT molecular complexity index is 1040. The van der Waals surface area contributed by atoms with Crippen LogP contribution in [0, 0.1) is 5.82 Å². The maximum Gasteiger partial charge on any atom is 0.415 e. The first-order valence-corrected chi connectivity index (χ1v) is 11.1. The van der Waals surface area contributed by atoms with E-state index in [1.807, 2.05) is 0 Å². The number of aliphatic hydroxyl groups excluding tert-OH is 1. The maximum atomic E-state index is 13.2. The van der Waals surface area contributed by atoms with E-state index >= 15 is 0 Å². The van der Waals surface area contributed by atoms with Crippen molar-refractivity contribution < 1.29 is 37.0 Å². The van der Waals surface area contributed by atoms with E-state index in [9.17, 15) is 32.3 Å². The van der Waals surface area contributed by atoms with Crippen LogP contribution in [0.1, 0.15) is 24.8 Å². The van der Waals surface area contributed by atoms with Gasteiger partial charge in [-0.1, -0.05) is 29.3 Å². The van der Waals surface area contributed by atoms with Crippen LogP contribution in [-0.2, 0) is 10.3 Å². The standard InChI is InChI=1S/C23H24Cl2F4N2O4/c1-30(20(33)13-23(27,28)29)14-22(10-3-11-32,15-4-9-18(24)19(25)12-15)31(2)21(34)35-17-7-5-16(26)6-8-17/h4-9,12,32H,3,10-11,13-14H2,1-2H3/t22-/m1/s1. The molecule has 6 nitrogen and oxygen atoms in total. The molecule has 0 aromatic heterocycles. The fourth-order valence-electron chi connectivity index (χ4n) is 3.57. The van der Waals surface area contributed by atoms with E-state index in [0.29, 0.717) is 5.56 Å². The molecule has 2 aromatic carbocycles. The average molecular weight is 539 g/mol. The summed E-state index contributed by atoms with van der Waals surface area (Å²) >= 11 is 12.2. The number of amides is 2. The normalized spacial score (nSPS) is 13.2. The second kappa shape index (κ2) is 11.9. The summed E-state index contributed by atoms with van der Waals surface area (Å²) in [7, 11) is 2.52. The third-order valence-electron chi connectivity index (χ3n) is 5.42. The Morgan fingerprint density at radius 3 is 2.20 bits per heavy atom. The molecule has 0 aliphatic rings. The predicted molar refractivity (Wildman–Crippen MR) is 123 cm³/mol. The highest BCUT2D eigenvalue weighted by Gasteiger charge is 2.43. The van der Waals surface area contributed by atoms with Gasteiger partial charge in [0.25, 0.3) is 0 Å². The van der Waals surface area contributed by atoms with Crippen LogP contribution >= 0.6 is 23.2 Å². The molecule has 35 heavy (non-hydrogen) atoms. The lowest BCUT2D eigenvalue weighted by Crippen LogP contribution is -2.55. The van der Waals surface area contributed by atoms with Crippen molar-refractivity contribution in [1.82, 2.24) is 9.80 Å². The zero-order chi connectivity index (χ0) is 26.4. The summed E-state index contributed by atoms with van der Waals surface area (Å²) in [6.07, 6.45) is -7.20. The first-order chi connectivity index (χ1) is 16.3. The lowest BCUT2D eigenvalue weighted by molar-refractivity contribution is -0.161. The van der Waals surface area contributed by atoms with Gasteiger partial charge in [0.2, 0.25) is 5.91 Å². The fourth-order valence-corrected chi connectivity index (χ4v) is 3.87. The molecule has 0 saturated carbocycles. The minimum absolute atomic E-state index is 0.0231. The molecule has 0 radical (unpaired) electrons. The number of halogens is 6. The molecule has 0 aliphatic heterocycles. The number of hydrogen-bond donors (Lipinski definition) is 1. The highest BCUT2D eigenvalue weighted by molar-refractivity contribution is 6.42. The molecule has 0 unspecified atom stereocenters. The lowest BCUT2D eigenvalue weighted by Gasteiger charge is -2.44. The summed E-state index contributed by atoms with van der Waals surface area (Å²) in [4.78, 5) is 27.4. The third-order valence-corrected chi connectivity index (χ3v) is 6.16. The molecule has 0 fully saturated rings. The van der Waals surface area contributed by atoms with Gasteiger partial charge in [0.1, 0.15) is 18.0 Å². The van der Waals surface area contributed by atoms with Gasteiger partial charge < -0.3 is 14.7 Å². The molecule has 0 saturated heterocycles. The number of carbonyl (C=O) groups is 2. The first-order valence-electron chi connectivity index (χ1n) is 10.4. The van der Waals surface area contributed by atoms with Crippen LogP contribution in [0.3, 0.4) is 0 Å². The van der Waals surface area contributed by atoms with Gasteiger partial charge in [0, 0.05) is 27.2 Å². The number of alkyl halides is 3. The summed E-state index contributed by atoms with van der Waals surface area (Å²) in [6.45, 7) is -0.682. The van der Waals surface area contributed by atoms with Crippen molar-refractivity contribution >= 4 is 35.2 Å². The number of hydrogen-bond acceptors (Lipinski definition) is 4. The van der Waals surface area contributed by atoms with Crippen molar-refractivity contribution in [3.05, 3.63) is 63.9 Å². The van der Waals surface area contributed by atoms with Crippen molar-refractivity contribution in [3.8, 4) is 5.75 Å². The molecule has 0 aliphatic carbocycles. The molecule has 1 N–H and O–H groups in total. The van der Waals surface area contributed by atoms with Crippen molar-refractivity contribution in [3.63, 3.8) is 0 Å². The van der Waals surface area contributed by atoms with E-state index in [0.717, 1.165) is 21.9 Å². The van der Waals surface area contributed by atoms with E-state index in [1.54, 1.807) is 0 Å². The minimum atomic E-state index is -4.73. The largest absolute Gasteiger partial charge is 0.415 e. The Morgan fingerprint density at radius 1 is 1.03 bits per heavy atom. The zero-order valence-electron chi connectivity index (χ0n) is 18.9. The van der Waals surface area contributed by atoms with Crippen LogP contribution in [0.4, 0.5) is 22.4 Å². The molecule has 0 spiro atoms. The number of likely N-dealkylation sites (N-methyl/N-ethyl adjacent to an activating group) is 2. The number of nitrogens with zero attached hydrogens (tertiary/aromatic N) is 2. The van der Waals surface area contributed by atoms with Gasteiger partial charge in [0.15, 0.2) is 0 Å². The van der Waals surface area contributed by atoms with Crippen LogP contribution in [0.2, 0.25) is 10.0 Å². The summed E-state index contributed by atoms with van der Waals surface area (Å²) in [5.74, 6) is -1.74. The monoisotopic (exact) mass is 538 g/mol. The van der Waals surface area contributed by atoms with Gasteiger partial charge in [-0.05, 0) is 54.8 Å². The summed E-state index contributed by atoms with van der Waals surface area (Å²) in [6, 6.07) is 9.04. The Hall–Kier alpha value is -2.56. The van der Waals surface area contributed by atoms with Gasteiger partial charge in [-0.25, -0.2) is 9.18 Å². The molecular formula is C23H24Cl2F4N2O4. The predicted octanol–water partition coefficient (Wildman–Crippen LogP) is 5.64. The molecule has 0 bridgehead atoms. The maximum absolute atomic E-state index is 13.2.